The van der Waals surface area contributed by atoms with Crippen LogP contribution in [0.5, 0.6) is 0 Å². The Kier molecular flexibility index (Phi) is 13.3. The first-order valence-electron chi connectivity index (χ1n) is 10.5. The first-order valence-corrected chi connectivity index (χ1v) is 10.5. The molecular weight excluding hydrogens is 402 g/mol. The lowest BCUT2D eigenvalue weighted by Gasteiger charge is -2.08. The van der Waals surface area contributed by atoms with Gasteiger partial charge in [0, 0.05) is 43.9 Å². The SMILES string of the molecule is CCCNC(=O)c1ccc(NC(=O)CCCCNC(=O)CNCCNCC(=O)O)cc1. The summed E-state index contributed by atoms with van der Waals surface area (Å²) in [5.41, 5.74) is 1.18. The topological polar surface area (TPSA) is 149 Å². The third-order valence-electron chi connectivity index (χ3n) is 4.16. The fourth-order valence-electron chi connectivity index (χ4n) is 2.54. The van der Waals surface area contributed by atoms with E-state index in [4.69, 9.17) is 5.11 Å². The van der Waals surface area contributed by atoms with Crippen LogP contribution in [0.3, 0.4) is 0 Å². The number of carbonyl (C=O) groups excluding carboxylic acids is 3. The van der Waals surface area contributed by atoms with Crippen LogP contribution in [0.2, 0.25) is 0 Å². The van der Waals surface area contributed by atoms with Crippen molar-refractivity contribution in [3.8, 4) is 0 Å². The van der Waals surface area contributed by atoms with Crippen molar-refractivity contribution in [2.45, 2.75) is 32.6 Å². The largest absolute Gasteiger partial charge is 0.480 e. The highest BCUT2D eigenvalue weighted by Crippen LogP contribution is 2.10. The number of anilines is 1. The maximum atomic E-state index is 12.0. The Bertz CT molecular complexity index is 709. The number of amides is 3. The number of aliphatic carboxylic acids is 1. The summed E-state index contributed by atoms with van der Waals surface area (Å²) in [7, 11) is 0. The molecule has 31 heavy (non-hydrogen) atoms. The summed E-state index contributed by atoms with van der Waals surface area (Å²) in [6.07, 6.45) is 2.52. The molecule has 0 aliphatic rings. The quantitative estimate of drug-likeness (QED) is 0.205. The number of carboxylic acid groups (broad SMARTS) is 1. The maximum absolute atomic E-state index is 12.0. The first kappa shape index (κ1) is 26.1. The summed E-state index contributed by atoms with van der Waals surface area (Å²) in [6, 6.07) is 6.74. The molecule has 0 spiro atoms. The molecule has 0 fully saturated rings. The number of hydrogen-bond acceptors (Lipinski definition) is 6. The van der Waals surface area contributed by atoms with Crippen molar-refractivity contribution in [3.63, 3.8) is 0 Å². The van der Waals surface area contributed by atoms with Gasteiger partial charge in [-0.1, -0.05) is 6.92 Å². The molecule has 0 radical (unpaired) electrons. The number of benzene rings is 1. The Morgan fingerprint density at radius 3 is 2.13 bits per heavy atom. The van der Waals surface area contributed by atoms with E-state index in [1.165, 1.54) is 0 Å². The third-order valence-corrected chi connectivity index (χ3v) is 4.16. The number of rotatable bonds is 16. The van der Waals surface area contributed by atoms with Gasteiger partial charge >= 0.3 is 5.97 Å². The lowest BCUT2D eigenvalue weighted by atomic mass is 10.2. The number of unbranched alkanes of at least 4 members (excludes halogenated alkanes) is 1. The third kappa shape index (κ3) is 13.0. The van der Waals surface area contributed by atoms with Crippen LogP contribution in [0, 0.1) is 0 Å². The second kappa shape index (κ2) is 15.8. The molecule has 0 heterocycles. The minimum atomic E-state index is -0.920. The summed E-state index contributed by atoms with van der Waals surface area (Å²) in [5.74, 6) is -1.32. The molecule has 0 bridgehead atoms. The predicted octanol–water partition coefficient (Wildman–Crippen LogP) is 0.315. The number of carbonyl (C=O) groups is 4. The van der Waals surface area contributed by atoms with Gasteiger partial charge in [0.05, 0.1) is 13.1 Å². The average molecular weight is 436 g/mol. The van der Waals surface area contributed by atoms with E-state index in [1.807, 2.05) is 6.92 Å². The highest BCUT2D eigenvalue weighted by atomic mass is 16.4. The van der Waals surface area contributed by atoms with E-state index in [0.717, 1.165) is 6.42 Å². The fourth-order valence-corrected chi connectivity index (χ4v) is 2.54. The van der Waals surface area contributed by atoms with Crippen molar-refractivity contribution in [1.82, 2.24) is 21.3 Å². The average Bonchev–Trinajstić information content (AvgIpc) is 2.74. The Labute approximate surface area is 182 Å². The number of carboxylic acids is 1. The second-order valence-corrected chi connectivity index (χ2v) is 6.94. The summed E-state index contributed by atoms with van der Waals surface area (Å²) in [6.45, 7) is 4.09. The fraction of sp³-hybridized carbons (Fsp3) is 0.524. The molecule has 0 aliphatic carbocycles. The molecule has 3 amide bonds. The van der Waals surface area contributed by atoms with E-state index in [-0.39, 0.29) is 30.8 Å². The van der Waals surface area contributed by atoms with Crippen LogP contribution in [0.4, 0.5) is 5.69 Å². The Morgan fingerprint density at radius 2 is 1.48 bits per heavy atom. The van der Waals surface area contributed by atoms with Crippen LogP contribution in [-0.4, -0.2) is 68.1 Å². The summed E-state index contributed by atoms with van der Waals surface area (Å²) in [5, 5.41) is 22.4. The summed E-state index contributed by atoms with van der Waals surface area (Å²) in [4.78, 5) is 45.8. The lowest BCUT2D eigenvalue weighted by Crippen LogP contribution is -2.38. The van der Waals surface area contributed by atoms with Crippen molar-refractivity contribution in [2.75, 3.05) is 44.6 Å². The van der Waals surface area contributed by atoms with Crippen LogP contribution in [-0.2, 0) is 14.4 Å². The van der Waals surface area contributed by atoms with Crippen molar-refractivity contribution >= 4 is 29.4 Å². The van der Waals surface area contributed by atoms with Gasteiger partial charge in [0.1, 0.15) is 0 Å². The normalized spacial score (nSPS) is 10.4. The minimum absolute atomic E-state index is 0.108. The zero-order valence-corrected chi connectivity index (χ0v) is 18.0. The van der Waals surface area contributed by atoms with Gasteiger partial charge in [-0.05, 0) is 43.5 Å². The molecule has 0 atom stereocenters. The highest BCUT2D eigenvalue weighted by molar-refractivity contribution is 5.95. The molecule has 0 unspecified atom stereocenters. The van der Waals surface area contributed by atoms with E-state index in [1.54, 1.807) is 24.3 Å². The van der Waals surface area contributed by atoms with Crippen LogP contribution in [0.15, 0.2) is 24.3 Å². The van der Waals surface area contributed by atoms with E-state index in [9.17, 15) is 19.2 Å². The Balaban J connectivity index is 2.09. The molecule has 172 valence electrons. The van der Waals surface area contributed by atoms with Crippen LogP contribution >= 0.6 is 0 Å². The van der Waals surface area contributed by atoms with Crippen molar-refractivity contribution in [1.29, 1.82) is 0 Å². The maximum Gasteiger partial charge on any atom is 0.317 e. The lowest BCUT2D eigenvalue weighted by molar-refractivity contribution is -0.136. The molecule has 0 saturated heterocycles. The summed E-state index contributed by atoms with van der Waals surface area (Å²) >= 11 is 0. The Morgan fingerprint density at radius 1 is 0.806 bits per heavy atom. The van der Waals surface area contributed by atoms with Crippen LogP contribution in [0.1, 0.15) is 43.0 Å². The molecule has 0 aromatic heterocycles. The van der Waals surface area contributed by atoms with Crippen molar-refractivity contribution < 1.29 is 24.3 Å². The van der Waals surface area contributed by atoms with E-state index in [0.29, 0.717) is 56.7 Å². The molecular formula is C21H33N5O5. The van der Waals surface area contributed by atoms with Gasteiger partial charge in [0.15, 0.2) is 0 Å². The van der Waals surface area contributed by atoms with Gasteiger partial charge in [0.25, 0.3) is 5.91 Å². The van der Waals surface area contributed by atoms with Gasteiger partial charge in [-0.15, -0.1) is 0 Å². The monoisotopic (exact) mass is 435 g/mol. The molecule has 1 aromatic carbocycles. The molecule has 1 rings (SSSR count). The predicted molar refractivity (Wildman–Crippen MR) is 118 cm³/mol. The standard InChI is InChI=1S/C21H33N5O5/c1-2-10-25-21(31)16-6-8-17(9-7-16)26-18(27)5-3-4-11-24-19(28)14-22-12-13-23-15-20(29)30/h6-9,22-23H,2-5,10-15H2,1H3,(H,24,28)(H,25,31)(H,26,27)(H,29,30). The van der Waals surface area contributed by atoms with E-state index < -0.39 is 5.97 Å². The second-order valence-electron chi connectivity index (χ2n) is 6.94. The van der Waals surface area contributed by atoms with Gasteiger partial charge in [-0.25, -0.2) is 0 Å². The highest BCUT2D eigenvalue weighted by Gasteiger charge is 2.06. The molecule has 6 N–H and O–H groups in total. The molecule has 10 heteroatoms. The molecule has 0 saturated carbocycles. The smallest absolute Gasteiger partial charge is 0.317 e. The van der Waals surface area contributed by atoms with Crippen LogP contribution in [0.25, 0.3) is 0 Å². The molecule has 10 nitrogen and oxygen atoms in total. The number of nitrogens with one attached hydrogen (secondary N) is 5. The van der Waals surface area contributed by atoms with Gasteiger partial charge in [-0.2, -0.15) is 0 Å². The van der Waals surface area contributed by atoms with Crippen molar-refractivity contribution in [3.05, 3.63) is 29.8 Å². The van der Waals surface area contributed by atoms with Crippen LogP contribution < -0.4 is 26.6 Å². The molecule has 1 aromatic rings. The zero-order valence-electron chi connectivity index (χ0n) is 18.0. The summed E-state index contributed by atoms with van der Waals surface area (Å²) < 4.78 is 0. The number of hydrogen-bond donors (Lipinski definition) is 6. The van der Waals surface area contributed by atoms with Gasteiger partial charge < -0.3 is 31.7 Å². The minimum Gasteiger partial charge on any atom is -0.480 e. The molecule has 0 aliphatic heterocycles. The zero-order chi connectivity index (χ0) is 22.9. The van der Waals surface area contributed by atoms with Gasteiger partial charge in [0.2, 0.25) is 11.8 Å². The Hall–Kier alpha value is -2.98. The van der Waals surface area contributed by atoms with E-state index >= 15 is 0 Å². The first-order chi connectivity index (χ1) is 14.9. The van der Waals surface area contributed by atoms with E-state index in [2.05, 4.69) is 26.6 Å². The van der Waals surface area contributed by atoms with Gasteiger partial charge in [-0.3, -0.25) is 19.2 Å². The van der Waals surface area contributed by atoms with Crippen molar-refractivity contribution in [2.24, 2.45) is 0 Å².